The second kappa shape index (κ2) is 10.9. The van der Waals surface area contributed by atoms with Crippen LogP contribution in [0, 0.1) is 5.92 Å². The van der Waals surface area contributed by atoms with Crippen LogP contribution in [0.4, 0.5) is 4.79 Å². The lowest BCUT2D eigenvalue weighted by Gasteiger charge is -2.34. The molecule has 2 amide bonds. The molecular weight excluding hydrogens is 448 g/mol. The number of rotatable bonds is 9. The summed E-state index contributed by atoms with van der Waals surface area (Å²) in [6, 6.07) is 16.3. The molecule has 1 saturated heterocycles. The molecule has 8 heteroatoms. The standard InChI is InChI=1S/C27H32N2O6/c1-18(24(30)29-27(25(31)32)12-15-34-16-13-27)7-6-14-28-26(33)35-17-23-21-10-4-2-8-19(21)20-9-3-5-11-22(20)23/h2-5,8-11,18,23H,6-7,12-17H2,1H3,(H,28,33)(H,29,30)(H,31,32). The molecule has 1 unspecified atom stereocenters. The van der Waals surface area contributed by atoms with E-state index in [0.717, 1.165) is 11.1 Å². The van der Waals surface area contributed by atoms with Gasteiger partial charge in [-0.2, -0.15) is 0 Å². The van der Waals surface area contributed by atoms with Gasteiger partial charge in [-0.1, -0.05) is 55.5 Å². The molecule has 0 bridgehead atoms. The number of carboxylic acid groups (broad SMARTS) is 1. The van der Waals surface area contributed by atoms with Crippen molar-refractivity contribution in [1.82, 2.24) is 10.6 Å². The summed E-state index contributed by atoms with van der Waals surface area (Å²) in [5.41, 5.74) is 3.41. The SMILES string of the molecule is CC(CCCNC(=O)OCC1c2ccccc2-c2ccccc21)C(=O)NC1(C(=O)O)CCOCC1. The van der Waals surface area contributed by atoms with E-state index in [9.17, 15) is 19.5 Å². The van der Waals surface area contributed by atoms with Gasteiger partial charge >= 0.3 is 12.1 Å². The lowest BCUT2D eigenvalue weighted by atomic mass is 9.89. The molecule has 2 aliphatic rings. The molecule has 0 radical (unpaired) electrons. The smallest absolute Gasteiger partial charge is 0.407 e. The number of carbonyl (C=O) groups excluding carboxylic acids is 2. The van der Waals surface area contributed by atoms with Gasteiger partial charge in [0.1, 0.15) is 12.1 Å². The van der Waals surface area contributed by atoms with Crippen LogP contribution >= 0.6 is 0 Å². The minimum Gasteiger partial charge on any atom is -0.480 e. The summed E-state index contributed by atoms with van der Waals surface area (Å²) in [5.74, 6) is -1.70. The molecule has 1 atom stereocenters. The number of ether oxygens (including phenoxy) is 2. The zero-order chi connectivity index (χ0) is 24.8. The summed E-state index contributed by atoms with van der Waals surface area (Å²) < 4.78 is 10.8. The lowest BCUT2D eigenvalue weighted by molar-refractivity contribution is -0.152. The lowest BCUT2D eigenvalue weighted by Crippen LogP contribution is -2.58. The van der Waals surface area contributed by atoms with Crippen LogP contribution in [0.1, 0.15) is 49.7 Å². The molecule has 4 rings (SSSR count). The van der Waals surface area contributed by atoms with Gasteiger partial charge in [0, 0.05) is 44.4 Å². The van der Waals surface area contributed by atoms with E-state index >= 15 is 0 Å². The van der Waals surface area contributed by atoms with Gasteiger partial charge in [0.25, 0.3) is 0 Å². The molecule has 186 valence electrons. The molecule has 0 spiro atoms. The third-order valence-corrected chi connectivity index (χ3v) is 6.99. The minimum absolute atomic E-state index is 0.00334. The fourth-order valence-corrected chi connectivity index (χ4v) is 4.85. The number of nitrogens with one attached hydrogen (secondary N) is 2. The van der Waals surface area contributed by atoms with Crippen molar-refractivity contribution in [1.29, 1.82) is 0 Å². The predicted octanol–water partition coefficient (Wildman–Crippen LogP) is 3.69. The zero-order valence-corrected chi connectivity index (χ0v) is 19.9. The van der Waals surface area contributed by atoms with E-state index in [1.54, 1.807) is 6.92 Å². The van der Waals surface area contributed by atoms with Crippen LogP contribution in [0.5, 0.6) is 0 Å². The Kier molecular flexibility index (Phi) is 7.70. The number of hydrogen-bond donors (Lipinski definition) is 3. The van der Waals surface area contributed by atoms with E-state index in [2.05, 4.69) is 34.9 Å². The molecule has 1 aliphatic heterocycles. The molecule has 2 aromatic rings. The van der Waals surface area contributed by atoms with Gasteiger partial charge in [-0.25, -0.2) is 9.59 Å². The number of amides is 2. The van der Waals surface area contributed by atoms with Gasteiger partial charge in [-0.05, 0) is 35.1 Å². The monoisotopic (exact) mass is 480 g/mol. The summed E-state index contributed by atoms with van der Waals surface area (Å²) in [5, 5.41) is 15.1. The van der Waals surface area contributed by atoms with Crippen molar-refractivity contribution in [3.63, 3.8) is 0 Å². The van der Waals surface area contributed by atoms with Crippen LogP contribution in [0.3, 0.4) is 0 Å². The second-order valence-corrected chi connectivity index (χ2v) is 9.28. The number of carboxylic acids is 1. The molecule has 1 fully saturated rings. The predicted molar refractivity (Wildman–Crippen MR) is 130 cm³/mol. The van der Waals surface area contributed by atoms with Gasteiger partial charge in [0.2, 0.25) is 5.91 Å². The van der Waals surface area contributed by atoms with Gasteiger partial charge in [0.15, 0.2) is 0 Å². The maximum absolute atomic E-state index is 12.6. The molecule has 8 nitrogen and oxygen atoms in total. The van der Waals surface area contributed by atoms with Crippen molar-refractivity contribution >= 4 is 18.0 Å². The maximum atomic E-state index is 12.6. The number of fused-ring (bicyclic) bond motifs is 3. The number of hydrogen-bond acceptors (Lipinski definition) is 5. The van der Waals surface area contributed by atoms with Crippen molar-refractivity contribution in [2.75, 3.05) is 26.4 Å². The highest BCUT2D eigenvalue weighted by Gasteiger charge is 2.42. The first-order valence-electron chi connectivity index (χ1n) is 12.1. The Morgan fingerprint density at radius 1 is 1.06 bits per heavy atom. The Morgan fingerprint density at radius 2 is 1.66 bits per heavy atom. The fraction of sp³-hybridized carbons (Fsp3) is 0.444. The Bertz CT molecular complexity index is 1030. The average molecular weight is 481 g/mol. The summed E-state index contributed by atoms with van der Waals surface area (Å²) in [6.45, 7) is 3.00. The van der Waals surface area contributed by atoms with E-state index in [0.29, 0.717) is 32.6 Å². The zero-order valence-electron chi connectivity index (χ0n) is 19.9. The van der Waals surface area contributed by atoms with Crippen molar-refractivity contribution in [2.24, 2.45) is 5.92 Å². The quantitative estimate of drug-likeness (QED) is 0.472. The second-order valence-electron chi connectivity index (χ2n) is 9.28. The summed E-state index contributed by atoms with van der Waals surface area (Å²) in [6.07, 6.45) is 1.11. The molecule has 0 aromatic heterocycles. The molecule has 0 saturated carbocycles. The van der Waals surface area contributed by atoms with Gasteiger partial charge < -0.3 is 25.2 Å². The van der Waals surface area contributed by atoms with Gasteiger partial charge in [-0.15, -0.1) is 0 Å². The van der Waals surface area contributed by atoms with E-state index in [1.165, 1.54) is 11.1 Å². The van der Waals surface area contributed by atoms with Crippen molar-refractivity contribution in [2.45, 2.75) is 44.1 Å². The number of benzene rings is 2. The van der Waals surface area contributed by atoms with Crippen LogP contribution in [0.2, 0.25) is 0 Å². The largest absolute Gasteiger partial charge is 0.480 e. The third kappa shape index (κ3) is 5.48. The highest BCUT2D eigenvalue weighted by molar-refractivity contribution is 5.88. The van der Waals surface area contributed by atoms with Gasteiger partial charge in [0.05, 0.1) is 0 Å². The van der Waals surface area contributed by atoms with Crippen LogP contribution < -0.4 is 10.6 Å². The molecular formula is C27H32N2O6. The fourth-order valence-electron chi connectivity index (χ4n) is 4.85. The van der Waals surface area contributed by atoms with Crippen molar-refractivity contribution in [3.05, 3.63) is 59.7 Å². The molecule has 35 heavy (non-hydrogen) atoms. The number of alkyl carbamates (subject to hydrolysis) is 1. The molecule has 1 heterocycles. The third-order valence-electron chi connectivity index (χ3n) is 6.99. The molecule has 2 aromatic carbocycles. The number of carbonyl (C=O) groups is 3. The van der Waals surface area contributed by atoms with E-state index in [4.69, 9.17) is 9.47 Å². The first kappa shape index (κ1) is 24.7. The first-order chi connectivity index (χ1) is 16.9. The Balaban J connectivity index is 1.20. The Labute approximate surface area is 205 Å². The maximum Gasteiger partial charge on any atom is 0.407 e. The summed E-state index contributed by atoms with van der Waals surface area (Å²) >= 11 is 0. The van der Waals surface area contributed by atoms with Crippen LogP contribution in [-0.2, 0) is 19.1 Å². The Morgan fingerprint density at radius 3 is 2.26 bits per heavy atom. The molecule has 1 aliphatic carbocycles. The van der Waals surface area contributed by atoms with Crippen LogP contribution in [-0.4, -0.2) is 55.0 Å². The minimum atomic E-state index is -1.26. The van der Waals surface area contributed by atoms with Crippen LogP contribution in [0.25, 0.3) is 11.1 Å². The Hall–Kier alpha value is -3.39. The summed E-state index contributed by atoms with van der Waals surface area (Å²) in [4.78, 5) is 36.6. The van der Waals surface area contributed by atoms with Gasteiger partial charge in [-0.3, -0.25) is 4.79 Å². The highest BCUT2D eigenvalue weighted by atomic mass is 16.5. The normalized spacial score (nSPS) is 17.1. The summed E-state index contributed by atoms with van der Waals surface area (Å²) in [7, 11) is 0. The van der Waals surface area contributed by atoms with Crippen molar-refractivity contribution in [3.8, 4) is 11.1 Å². The van der Waals surface area contributed by atoms with Crippen molar-refractivity contribution < 1.29 is 29.0 Å². The van der Waals surface area contributed by atoms with E-state index in [1.807, 2.05) is 24.3 Å². The number of aliphatic carboxylic acids is 1. The van der Waals surface area contributed by atoms with Crippen LogP contribution in [0.15, 0.2) is 48.5 Å². The van der Waals surface area contributed by atoms with E-state index in [-0.39, 0.29) is 37.2 Å². The first-order valence-corrected chi connectivity index (χ1v) is 12.1. The molecule has 3 N–H and O–H groups in total. The van der Waals surface area contributed by atoms with E-state index < -0.39 is 17.6 Å². The average Bonchev–Trinajstić information content (AvgIpc) is 3.19. The topological polar surface area (TPSA) is 114 Å². The highest BCUT2D eigenvalue weighted by Crippen LogP contribution is 2.44.